The first-order valence-electron chi connectivity index (χ1n) is 10.2. The molecule has 2 atom stereocenters. The van der Waals surface area contributed by atoms with Crippen LogP contribution < -0.4 is 0 Å². The van der Waals surface area contributed by atoms with E-state index in [-0.39, 0.29) is 7.12 Å². The number of ether oxygens (including phenoxy) is 1. The second-order valence-corrected chi connectivity index (χ2v) is 10.6. The Balaban J connectivity index is 0.00000240. The van der Waals surface area contributed by atoms with Gasteiger partial charge < -0.3 is 9.64 Å². The SMILES string of the molecule is Cc1nc(C(C)(F)F)ccc1SN1CC2CC(N(C)CC3(C)COC3)CC2C1.[HH]. The minimum absolute atomic E-state index is 0. The summed E-state index contributed by atoms with van der Waals surface area (Å²) >= 11 is 1.68. The van der Waals surface area contributed by atoms with Crippen molar-refractivity contribution in [3.05, 3.63) is 23.5 Å². The highest BCUT2D eigenvalue weighted by Crippen LogP contribution is 2.44. The van der Waals surface area contributed by atoms with Gasteiger partial charge >= 0.3 is 0 Å². The second-order valence-electron chi connectivity index (χ2n) is 9.47. The van der Waals surface area contributed by atoms with Crippen LogP contribution in [0.15, 0.2) is 17.0 Å². The molecule has 0 radical (unpaired) electrons. The minimum atomic E-state index is -2.89. The maximum Gasteiger partial charge on any atom is 0.286 e. The van der Waals surface area contributed by atoms with Gasteiger partial charge in [0, 0.05) is 44.3 Å². The third kappa shape index (κ3) is 4.23. The van der Waals surface area contributed by atoms with E-state index in [1.807, 2.05) is 6.92 Å². The summed E-state index contributed by atoms with van der Waals surface area (Å²) < 4.78 is 34.7. The van der Waals surface area contributed by atoms with Gasteiger partial charge in [0.2, 0.25) is 0 Å². The Labute approximate surface area is 172 Å². The van der Waals surface area contributed by atoms with Crippen molar-refractivity contribution in [3.8, 4) is 0 Å². The molecule has 1 aromatic heterocycles. The normalized spacial score (nSPS) is 29.9. The van der Waals surface area contributed by atoms with E-state index in [9.17, 15) is 8.78 Å². The maximum atomic E-state index is 13.5. The monoisotopic (exact) mass is 413 g/mol. The van der Waals surface area contributed by atoms with Crippen LogP contribution in [0.3, 0.4) is 0 Å². The Kier molecular flexibility index (Phi) is 5.49. The molecule has 4 nitrogen and oxygen atoms in total. The van der Waals surface area contributed by atoms with Crippen molar-refractivity contribution in [2.24, 2.45) is 17.3 Å². The molecule has 7 heteroatoms. The molecule has 2 saturated heterocycles. The first-order chi connectivity index (χ1) is 13.1. The molecule has 158 valence electrons. The van der Waals surface area contributed by atoms with E-state index < -0.39 is 5.92 Å². The molecule has 0 amide bonds. The number of hydrogen-bond acceptors (Lipinski definition) is 5. The third-order valence-electron chi connectivity index (χ3n) is 6.56. The highest BCUT2D eigenvalue weighted by atomic mass is 32.2. The molecule has 28 heavy (non-hydrogen) atoms. The van der Waals surface area contributed by atoms with E-state index in [1.54, 1.807) is 18.0 Å². The van der Waals surface area contributed by atoms with Gasteiger partial charge in [-0.05, 0) is 62.7 Å². The highest BCUT2D eigenvalue weighted by molar-refractivity contribution is 7.97. The predicted octanol–water partition coefficient (Wildman–Crippen LogP) is 4.43. The number of fused-ring (bicyclic) bond motifs is 1. The number of nitrogens with zero attached hydrogens (tertiary/aromatic N) is 3. The molecular weight excluding hydrogens is 380 g/mol. The molecule has 3 aliphatic rings. The number of aromatic nitrogens is 1. The highest BCUT2D eigenvalue weighted by Gasteiger charge is 2.44. The summed E-state index contributed by atoms with van der Waals surface area (Å²) in [6, 6.07) is 3.93. The zero-order chi connectivity index (χ0) is 20.1. The van der Waals surface area contributed by atoms with Crippen molar-refractivity contribution in [3.63, 3.8) is 0 Å². The van der Waals surface area contributed by atoms with Gasteiger partial charge in [-0.3, -0.25) is 4.98 Å². The number of halogens is 2. The van der Waals surface area contributed by atoms with Crippen LogP contribution in [0.25, 0.3) is 0 Å². The Morgan fingerprint density at radius 3 is 2.46 bits per heavy atom. The Morgan fingerprint density at radius 1 is 1.32 bits per heavy atom. The molecule has 3 fully saturated rings. The zero-order valence-corrected chi connectivity index (χ0v) is 18.1. The molecule has 1 aromatic rings. The summed E-state index contributed by atoms with van der Waals surface area (Å²) in [5.74, 6) is -1.42. The Hall–Kier alpha value is -0.760. The minimum Gasteiger partial charge on any atom is -0.380 e. The summed E-state index contributed by atoms with van der Waals surface area (Å²) in [5.41, 5.74) is 0.874. The predicted molar refractivity (Wildman–Crippen MR) is 110 cm³/mol. The van der Waals surface area contributed by atoms with Gasteiger partial charge in [-0.25, -0.2) is 4.31 Å². The average Bonchev–Trinajstić information content (AvgIpc) is 3.12. The van der Waals surface area contributed by atoms with E-state index >= 15 is 0 Å². The van der Waals surface area contributed by atoms with Gasteiger partial charge in [0.15, 0.2) is 0 Å². The van der Waals surface area contributed by atoms with E-state index in [4.69, 9.17) is 4.74 Å². The lowest BCUT2D eigenvalue weighted by molar-refractivity contribution is -0.116. The first-order valence-corrected chi connectivity index (χ1v) is 11.0. The van der Waals surface area contributed by atoms with Crippen molar-refractivity contribution < 1.29 is 14.9 Å². The van der Waals surface area contributed by atoms with Gasteiger partial charge in [0.05, 0.1) is 18.9 Å². The van der Waals surface area contributed by atoms with Crippen molar-refractivity contribution in [1.29, 1.82) is 0 Å². The van der Waals surface area contributed by atoms with E-state index in [2.05, 4.69) is 28.2 Å². The molecular formula is C21H33F2N3OS. The molecule has 1 aliphatic carbocycles. The van der Waals surface area contributed by atoms with Crippen LogP contribution in [0.1, 0.15) is 39.5 Å². The lowest BCUT2D eigenvalue weighted by Gasteiger charge is -2.42. The second kappa shape index (κ2) is 7.49. The van der Waals surface area contributed by atoms with Gasteiger partial charge in [-0.15, -0.1) is 0 Å². The number of hydrogen-bond donors (Lipinski definition) is 0. The van der Waals surface area contributed by atoms with E-state index in [1.165, 1.54) is 18.9 Å². The zero-order valence-electron chi connectivity index (χ0n) is 17.3. The standard InChI is InChI=1S/C21H31F2N3OS.H2/c1-14-18(5-6-19(24-14)21(3,22)23)28-26-9-15-7-17(8-16(15)10-26)25(4)11-20(2)12-27-13-20;/h5-6,15-17H,7-13H2,1-4H3;1H. The lowest BCUT2D eigenvalue weighted by atomic mass is 9.87. The summed E-state index contributed by atoms with van der Waals surface area (Å²) in [4.78, 5) is 7.66. The molecule has 2 unspecified atom stereocenters. The summed E-state index contributed by atoms with van der Waals surface area (Å²) in [7, 11) is 2.27. The lowest BCUT2D eigenvalue weighted by Crippen LogP contribution is -2.49. The molecule has 0 N–H and O–H groups in total. The van der Waals surface area contributed by atoms with Crippen LogP contribution in [0.2, 0.25) is 0 Å². The van der Waals surface area contributed by atoms with Crippen LogP contribution in [0, 0.1) is 24.2 Å². The van der Waals surface area contributed by atoms with Gasteiger partial charge in [0.25, 0.3) is 5.92 Å². The van der Waals surface area contributed by atoms with Crippen molar-refractivity contribution in [2.75, 3.05) is 39.9 Å². The first kappa shape index (κ1) is 20.5. The van der Waals surface area contributed by atoms with Crippen molar-refractivity contribution in [1.82, 2.24) is 14.2 Å². The largest absolute Gasteiger partial charge is 0.380 e. The fourth-order valence-corrected chi connectivity index (χ4v) is 6.08. The van der Waals surface area contributed by atoms with Gasteiger partial charge in [0.1, 0.15) is 5.69 Å². The number of rotatable bonds is 6. The van der Waals surface area contributed by atoms with Gasteiger partial charge in [-0.2, -0.15) is 8.78 Å². The topological polar surface area (TPSA) is 28.6 Å². The van der Waals surface area contributed by atoms with Crippen LogP contribution in [-0.4, -0.2) is 60.1 Å². The molecule has 0 spiro atoms. The number of aryl methyl sites for hydroxylation is 1. The van der Waals surface area contributed by atoms with Crippen LogP contribution >= 0.6 is 11.9 Å². The number of pyridine rings is 1. The van der Waals surface area contributed by atoms with Crippen molar-refractivity contribution >= 4 is 11.9 Å². The molecule has 3 heterocycles. The third-order valence-corrected chi connectivity index (χ3v) is 7.75. The van der Waals surface area contributed by atoms with Crippen LogP contribution in [0.5, 0.6) is 0 Å². The summed E-state index contributed by atoms with van der Waals surface area (Å²) in [6.45, 7) is 10.1. The molecule has 1 saturated carbocycles. The summed E-state index contributed by atoms with van der Waals surface area (Å²) in [6.07, 6.45) is 2.51. The molecule has 2 aliphatic heterocycles. The average molecular weight is 414 g/mol. The fourth-order valence-electron chi connectivity index (χ4n) is 4.96. The number of alkyl halides is 2. The van der Waals surface area contributed by atoms with Crippen LogP contribution in [0.4, 0.5) is 8.78 Å². The molecule has 0 aromatic carbocycles. The Bertz CT molecular complexity index is 714. The van der Waals surface area contributed by atoms with Crippen molar-refractivity contribution in [2.45, 2.75) is 50.5 Å². The van der Waals surface area contributed by atoms with Crippen LogP contribution in [-0.2, 0) is 10.7 Å². The maximum absolute atomic E-state index is 13.5. The smallest absolute Gasteiger partial charge is 0.286 e. The van der Waals surface area contributed by atoms with E-state index in [0.29, 0.717) is 17.2 Å². The van der Waals surface area contributed by atoms with E-state index in [0.717, 1.165) is 56.5 Å². The van der Waals surface area contributed by atoms with Gasteiger partial charge in [-0.1, -0.05) is 6.92 Å². The summed E-state index contributed by atoms with van der Waals surface area (Å²) in [5, 5.41) is 0. The molecule has 4 rings (SSSR count). The quantitative estimate of drug-likeness (QED) is 0.644. The Morgan fingerprint density at radius 2 is 1.96 bits per heavy atom. The molecule has 0 bridgehead atoms. The fraction of sp³-hybridized carbons (Fsp3) is 0.762.